The summed E-state index contributed by atoms with van der Waals surface area (Å²) in [6, 6.07) is 11.5. The molecule has 5 nitrogen and oxygen atoms in total. The average molecular weight is 446 g/mol. The lowest BCUT2D eigenvalue weighted by Crippen LogP contribution is -2.43. The van der Waals surface area contributed by atoms with Crippen LogP contribution in [0.25, 0.3) is 17.0 Å². The molecule has 0 unspecified atom stereocenters. The van der Waals surface area contributed by atoms with E-state index in [2.05, 4.69) is 21.3 Å². The van der Waals surface area contributed by atoms with Gasteiger partial charge in [0.1, 0.15) is 5.75 Å². The number of Topliss-reactive ketones (excluding diaryl/α,β-unsaturated/α-hetero) is 1. The number of carbonyl (C=O) groups excluding carboxylic acids is 1. The number of aromatic hydroxyl groups is 1. The zero-order chi connectivity index (χ0) is 19.1. The summed E-state index contributed by atoms with van der Waals surface area (Å²) in [4.78, 5) is 18.6. The molecule has 2 aliphatic rings. The van der Waals surface area contributed by atoms with E-state index in [-0.39, 0.29) is 30.6 Å². The number of benzene rings is 2. The second kappa shape index (κ2) is 9.23. The second-order valence-electron chi connectivity index (χ2n) is 7.58. The smallest absolute Gasteiger partial charge is 0.189 e. The molecule has 5 rings (SSSR count). The van der Waals surface area contributed by atoms with Crippen LogP contribution in [0, 0.1) is 0 Å². The molecule has 1 saturated heterocycles. The number of rotatable bonds is 3. The number of ketones is 1. The Labute approximate surface area is 188 Å². The molecule has 30 heavy (non-hydrogen) atoms. The molecule has 0 bridgehead atoms. The molecule has 2 heterocycles. The van der Waals surface area contributed by atoms with E-state index in [9.17, 15) is 9.90 Å². The van der Waals surface area contributed by atoms with Gasteiger partial charge in [-0.15, -0.1) is 24.8 Å². The van der Waals surface area contributed by atoms with Gasteiger partial charge in [-0.05, 0) is 29.8 Å². The number of carbonyl (C=O) groups is 1. The molecule has 0 atom stereocenters. The molecule has 1 aliphatic carbocycles. The van der Waals surface area contributed by atoms with Gasteiger partial charge >= 0.3 is 0 Å². The number of fused-ring (bicyclic) bond motifs is 2. The summed E-state index contributed by atoms with van der Waals surface area (Å²) in [6.45, 7) is 4.51. The summed E-state index contributed by atoms with van der Waals surface area (Å²) in [5.41, 5.74) is 5.49. The lowest BCUT2D eigenvalue weighted by Gasteiger charge is -2.28. The Kier molecular flexibility index (Phi) is 6.88. The second-order valence-corrected chi connectivity index (χ2v) is 7.58. The highest BCUT2D eigenvalue weighted by molar-refractivity contribution is 6.16. The van der Waals surface area contributed by atoms with E-state index in [1.54, 1.807) is 12.1 Å². The first-order chi connectivity index (χ1) is 13.7. The van der Waals surface area contributed by atoms with Crippen molar-refractivity contribution in [2.24, 2.45) is 0 Å². The van der Waals surface area contributed by atoms with Gasteiger partial charge in [-0.25, -0.2) is 0 Å². The quantitative estimate of drug-likeness (QED) is 0.533. The number of hydrogen-bond acceptors (Lipinski definition) is 4. The number of phenols is 1. The summed E-state index contributed by atoms with van der Waals surface area (Å²) in [5.74, 6) is 0.361. The van der Waals surface area contributed by atoms with Crippen LogP contribution in [0.1, 0.15) is 27.0 Å². The molecule has 7 heteroatoms. The van der Waals surface area contributed by atoms with Crippen molar-refractivity contribution in [2.45, 2.75) is 13.0 Å². The molecule has 3 aromatic rings. The van der Waals surface area contributed by atoms with Crippen LogP contribution in [0.4, 0.5) is 0 Å². The SMILES string of the molecule is Cl.Cl.O=C1C(=Cc2c[nH]c3ccccc23)Cc2c1ccc(O)c2CN1CCNCC1. The van der Waals surface area contributed by atoms with Crippen molar-refractivity contribution in [3.63, 3.8) is 0 Å². The molecule has 0 spiro atoms. The van der Waals surface area contributed by atoms with Gasteiger partial charge in [0, 0.05) is 78.5 Å². The van der Waals surface area contributed by atoms with Crippen molar-refractivity contribution in [3.8, 4) is 5.75 Å². The third-order valence-corrected chi connectivity index (χ3v) is 5.85. The minimum Gasteiger partial charge on any atom is -0.508 e. The molecule has 0 amide bonds. The van der Waals surface area contributed by atoms with Crippen LogP contribution in [0.5, 0.6) is 5.75 Å². The summed E-state index contributed by atoms with van der Waals surface area (Å²) in [6.07, 6.45) is 4.52. The van der Waals surface area contributed by atoms with E-state index in [0.717, 1.165) is 64.9 Å². The van der Waals surface area contributed by atoms with E-state index >= 15 is 0 Å². The van der Waals surface area contributed by atoms with Gasteiger partial charge in [0.2, 0.25) is 0 Å². The first-order valence-corrected chi connectivity index (χ1v) is 9.79. The molecule has 1 aromatic heterocycles. The number of allylic oxidation sites excluding steroid dienone is 1. The number of aromatic nitrogens is 1. The van der Waals surface area contributed by atoms with Crippen LogP contribution in [0.2, 0.25) is 0 Å². The van der Waals surface area contributed by atoms with Crippen LogP contribution in [0.3, 0.4) is 0 Å². The van der Waals surface area contributed by atoms with Gasteiger partial charge in [-0.3, -0.25) is 9.69 Å². The maximum absolute atomic E-state index is 13.0. The maximum Gasteiger partial charge on any atom is 0.189 e. The lowest BCUT2D eigenvalue weighted by atomic mass is 10.0. The fourth-order valence-corrected chi connectivity index (χ4v) is 4.33. The Bertz CT molecular complexity index is 1100. The van der Waals surface area contributed by atoms with Crippen LogP contribution >= 0.6 is 24.8 Å². The van der Waals surface area contributed by atoms with E-state index in [1.807, 2.05) is 30.5 Å². The number of H-pyrrole nitrogens is 1. The van der Waals surface area contributed by atoms with Crippen molar-refractivity contribution < 1.29 is 9.90 Å². The Morgan fingerprint density at radius 1 is 1.07 bits per heavy atom. The van der Waals surface area contributed by atoms with E-state index < -0.39 is 0 Å². The standard InChI is InChI=1S/C23H23N3O2.2ClH/c27-22-6-5-18-19(20(22)14-26-9-7-24-8-10-26)12-15(23(18)28)11-16-13-25-21-4-2-1-3-17(16)21;;/h1-6,11,13,24-25,27H,7-10,12,14H2;2*1H. The molecule has 2 aromatic carbocycles. The molecule has 1 fully saturated rings. The molecular formula is C23H25Cl2N3O2. The Morgan fingerprint density at radius 2 is 1.83 bits per heavy atom. The average Bonchev–Trinajstić information content (AvgIpc) is 3.27. The van der Waals surface area contributed by atoms with E-state index in [4.69, 9.17) is 0 Å². The number of para-hydroxylation sites is 1. The van der Waals surface area contributed by atoms with Gasteiger partial charge in [0.15, 0.2) is 5.78 Å². The Morgan fingerprint density at radius 3 is 2.63 bits per heavy atom. The molecule has 3 N–H and O–H groups in total. The van der Waals surface area contributed by atoms with Crippen LogP contribution < -0.4 is 5.32 Å². The van der Waals surface area contributed by atoms with Crippen LogP contribution in [0.15, 0.2) is 48.2 Å². The first kappa shape index (κ1) is 22.4. The van der Waals surface area contributed by atoms with Gasteiger partial charge in [-0.1, -0.05) is 18.2 Å². The fraction of sp³-hybridized carbons (Fsp3) is 0.261. The number of hydrogen-bond donors (Lipinski definition) is 3. The topological polar surface area (TPSA) is 68.4 Å². The normalized spacial score (nSPS) is 17.6. The molecule has 0 saturated carbocycles. The summed E-state index contributed by atoms with van der Waals surface area (Å²) in [7, 11) is 0. The predicted molar refractivity (Wildman–Crippen MR) is 125 cm³/mol. The molecule has 0 radical (unpaired) electrons. The highest BCUT2D eigenvalue weighted by Gasteiger charge is 2.29. The van der Waals surface area contributed by atoms with E-state index in [1.165, 1.54) is 0 Å². The van der Waals surface area contributed by atoms with Crippen LogP contribution in [-0.2, 0) is 13.0 Å². The van der Waals surface area contributed by atoms with Crippen molar-refractivity contribution >= 4 is 47.6 Å². The third kappa shape index (κ3) is 3.98. The van der Waals surface area contributed by atoms with E-state index in [0.29, 0.717) is 18.7 Å². The van der Waals surface area contributed by atoms with Gasteiger partial charge in [-0.2, -0.15) is 0 Å². The Balaban J connectivity index is 0.00000128. The summed E-state index contributed by atoms with van der Waals surface area (Å²) >= 11 is 0. The lowest BCUT2D eigenvalue weighted by molar-refractivity contribution is 0.104. The summed E-state index contributed by atoms with van der Waals surface area (Å²) < 4.78 is 0. The van der Waals surface area contributed by atoms with Gasteiger partial charge in [0.25, 0.3) is 0 Å². The number of nitrogens with one attached hydrogen (secondary N) is 2. The molecule has 158 valence electrons. The first-order valence-electron chi connectivity index (χ1n) is 9.79. The number of nitrogens with zero attached hydrogens (tertiary/aromatic N) is 1. The molecular weight excluding hydrogens is 421 g/mol. The summed E-state index contributed by atoms with van der Waals surface area (Å²) in [5, 5.41) is 15.0. The monoisotopic (exact) mass is 445 g/mol. The van der Waals surface area contributed by atoms with Crippen molar-refractivity contribution in [3.05, 3.63) is 70.4 Å². The fourth-order valence-electron chi connectivity index (χ4n) is 4.33. The van der Waals surface area contributed by atoms with Gasteiger partial charge < -0.3 is 15.4 Å². The Hall–Kier alpha value is -2.31. The number of phenolic OH excluding ortho intramolecular Hbond substituents is 1. The zero-order valence-corrected chi connectivity index (χ0v) is 18.1. The predicted octanol–water partition coefficient (Wildman–Crippen LogP) is 3.94. The largest absolute Gasteiger partial charge is 0.508 e. The minimum atomic E-state index is 0. The number of piperazine rings is 1. The third-order valence-electron chi connectivity index (χ3n) is 5.85. The highest BCUT2D eigenvalue weighted by Crippen LogP contribution is 2.36. The number of aromatic amines is 1. The highest BCUT2D eigenvalue weighted by atomic mass is 35.5. The maximum atomic E-state index is 13.0. The zero-order valence-electron chi connectivity index (χ0n) is 16.5. The van der Waals surface area contributed by atoms with Crippen molar-refractivity contribution in [1.29, 1.82) is 0 Å². The minimum absolute atomic E-state index is 0. The number of halogens is 2. The van der Waals surface area contributed by atoms with Crippen molar-refractivity contribution in [1.82, 2.24) is 15.2 Å². The van der Waals surface area contributed by atoms with Crippen LogP contribution in [-0.4, -0.2) is 47.0 Å². The molecule has 1 aliphatic heterocycles. The van der Waals surface area contributed by atoms with Gasteiger partial charge in [0.05, 0.1) is 0 Å². The van der Waals surface area contributed by atoms with Crippen molar-refractivity contribution in [2.75, 3.05) is 26.2 Å².